The van der Waals surface area contributed by atoms with Crippen LogP contribution in [0.5, 0.6) is 5.75 Å². The van der Waals surface area contributed by atoms with Gasteiger partial charge in [0.25, 0.3) is 0 Å². The minimum absolute atomic E-state index is 0.0424. The summed E-state index contributed by atoms with van der Waals surface area (Å²) < 4.78 is 5.27. The van der Waals surface area contributed by atoms with E-state index in [-0.39, 0.29) is 17.9 Å². The molecule has 0 aliphatic carbocycles. The van der Waals surface area contributed by atoms with Crippen LogP contribution in [0.25, 0.3) is 0 Å². The van der Waals surface area contributed by atoms with Crippen molar-refractivity contribution in [3.8, 4) is 5.75 Å². The number of nitrogens with zero attached hydrogens (tertiary/aromatic N) is 2. The summed E-state index contributed by atoms with van der Waals surface area (Å²) in [5.74, 6) is 0.548. The SMILES string of the molecule is COc1ccc(N(Cc2cccs2)C(=O)C2CCCN(C(=O)Nc3ccccc3)C2)cc1. The zero-order valence-corrected chi connectivity index (χ0v) is 18.9. The number of likely N-dealkylation sites (tertiary alicyclic amines) is 1. The molecule has 3 amide bonds. The van der Waals surface area contributed by atoms with Gasteiger partial charge in [-0.2, -0.15) is 0 Å². The minimum Gasteiger partial charge on any atom is -0.497 e. The van der Waals surface area contributed by atoms with Crippen LogP contribution in [0.2, 0.25) is 0 Å². The third-order valence-electron chi connectivity index (χ3n) is 5.63. The second-order valence-corrected chi connectivity index (χ2v) is 8.82. The molecule has 4 rings (SSSR count). The number of benzene rings is 2. The highest BCUT2D eigenvalue weighted by Gasteiger charge is 2.32. The highest BCUT2D eigenvalue weighted by atomic mass is 32.1. The van der Waals surface area contributed by atoms with Crippen molar-refractivity contribution in [2.45, 2.75) is 19.4 Å². The Hall–Kier alpha value is -3.32. The number of methoxy groups -OCH3 is 1. The summed E-state index contributed by atoms with van der Waals surface area (Å²) in [4.78, 5) is 31.1. The number of ether oxygens (including phenoxy) is 1. The summed E-state index contributed by atoms with van der Waals surface area (Å²) >= 11 is 1.63. The van der Waals surface area contributed by atoms with E-state index in [1.54, 1.807) is 23.3 Å². The van der Waals surface area contributed by atoms with Gasteiger partial charge in [0.1, 0.15) is 5.75 Å². The number of nitrogens with one attached hydrogen (secondary N) is 1. The van der Waals surface area contributed by atoms with Gasteiger partial charge in [-0.15, -0.1) is 11.3 Å². The van der Waals surface area contributed by atoms with Gasteiger partial charge in [-0.1, -0.05) is 24.3 Å². The predicted molar refractivity (Wildman–Crippen MR) is 128 cm³/mol. The van der Waals surface area contributed by atoms with E-state index in [9.17, 15) is 9.59 Å². The minimum atomic E-state index is -0.243. The zero-order chi connectivity index (χ0) is 22.3. The maximum absolute atomic E-state index is 13.6. The van der Waals surface area contributed by atoms with Crippen molar-refractivity contribution in [2.24, 2.45) is 5.92 Å². The lowest BCUT2D eigenvalue weighted by atomic mass is 9.96. The molecule has 1 fully saturated rings. The van der Waals surface area contributed by atoms with Crippen LogP contribution in [0.3, 0.4) is 0 Å². The van der Waals surface area contributed by atoms with E-state index in [1.165, 1.54) is 0 Å². The fourth-order valence-electron chi connectivity index (χ4n) is 3.92. The molecule has 0 bridgehead atoms. The van der Waals surface area contributed by atoms with Crippen molar-refractivity contribution in [1.29, 1.82) is 0 Å². The fourth-order valence-corrected chi connectivity index (χ4v) is 4.62. The number of anilines is 2. The molecule has 1 aliphatic heterocycles. The van der Waals surface area contributed by atoms with Crippen molar-refractivity contribution < 1.29 is 14.3 Å². The molecule has 0 saturated carbocycles. The van der Waals surface area contributed by atoms with Gasteiger partial charge in [-0.25, -0.2) is 4.79 Å². The number of para-hydroxylation sites is 1. The third-order valence-corrected chi connectivity index (χ3v) is 6.49. The van der Waals surface area contributed by atoms with Gasteiger partial charge in [0.2, 0.25) is 5.91 Å². The number of amides is 3. The van der Waals surface area contributed by atoms with Gasteiger partial charge in [0.15, 0.2) is 0 Å². The topological polar surface area (TPSA) is 61.9 Å². The Morgan fingerprint density at radius 2 is 1.88 bits per heavy atom. The van der Waals surface area contributed by atoms with Crippen LogP contribution < -0.4 is 15.0 Å². The molecule has 1 atom stereocenters. The number of carbonyl (C=O) groups excluding carboxylic acids is 2. The molecule has 166 valence electrons. The standard InChI is InChI=1S/C25H27N3O3S/c1-31-22-13-11-21(12-14-22)28(18-23-10-6-16-32-23)24(29)19-7-5-15-27(17-19)25(30)26-20-8-3-2-4-9-20/h2-4,6,8-14,16,19H,5,7,15,17-18H2,1H3,(H,26,30). The summed E-state index contributed by atoms with van der Waals surface area (Å²) in [6, 6.07) is 20.8. The quantitative estimate of drug-likeness (QED) is 0.560. The molecule has 1 unspecified atom stereocenters. The Balaban J connectivity index is 1.49. The van der Waals surface area contributed by atoms with E-state index in [0.717, 1.165) is 34.8 Å². The van der Waals surface area contributed by atoms with Gasteiger partial charge in [-0.05, 0) is 60.7 Å². The van der Waals surface area contributed by atoms with Crippen LogP contribution in [0.4, 0.5) is 16.2 Å². The summed E-state index contributed by atoms with van der Waals surface area (Å²) in [5, 5.41) is 4.95. The first-order valence-electron chi connectivity index (χ1n) is 10.7. The third kappa shape index (κ3) is 5.29. The molecule has 3 aromatic rings. The Kier molecular flexibility index (Phi) is 7.07. The summed E-state index contributed by atoms with van der Waals surface area (Å²) in [5.41, 5.74) is 1.58. The Labute approximate surface area is 192 Å². The van der Waals surface area contributed by atoms with Crippen LogP contribution >= 0.6 is 11.3 Å². The van der Waals surface area contributed by atoms with Crippen LogP contribution in [0, 0.1) is 5.92 Å². The van der Waals surface area contributed by atoms with Crippen molar-refractivity contribution in [3.05, 3.63) is 77.0 Å². The predicted octanol–water partition coefficient (Wildman–Crippen LogP) is 5.23. The number of carbonyl (C=O) groups is 2. The molecule has 2 heterocycles. The molecule has 32 heavy (non-hydrogen) atoms. The molecule has 2 aromatic carbocycles. The van der Waals surface area contributed by atoms with Crippen molar-refractivity contribution in [3.63, 3.8) is 0 Å². The average Bonchev–Trinajstić information content (AvgIpc) is 3.36. The Morgan fingerprint density at radius 1 is 1.09 bits per heavy atom. The van der Waals surface area contributed by atoms with Gasteiger partial charge in [-0.3, -0.25) is 4.79 Å². The monoisotopic (exact) mass is 449 g/mol. The maximum Gasteiger partial charge on any atom is 0.321 e. The molecular weight excluding hydrogens is 422 g/mol. The van der Waals surface area contributed by atoms with E-state index in [0.29, 0.717) is 19.6 Å². The average molecular weight is 450 g/mol. The van der Waals surface area contributed by atoms with Crippen molar-refractivity contribution in [2.75, 3.05) is 30.4 Å². The smallest absolute Gasteiger partial charge is 0.321 e. The molecular formula is C25H27N3O3S. The molecule has 0 spiro atoms. The molecule has 1 saturated heterocycles. The molecule has 1 N–H and O–H groups in total. The molecule has 7 heteroatoms. The highest BCUT2D eigenvalue weighted by molar-refractivity contribution is 7.09. The normalized spacial score (nSPS) is 15.8. The summed E-state index contributed by atoms with van der Waals surface area (Å²) in [6.07, 6.45) is 1.57. The number of thiophene rings is 1. The van der Waals surface area contributed by atoms with E-state index in [4.69, 9.17) is 4.74 Å². The van der Waals surface area contributed by atoms with Gasteiger partial charge in [0.05, 0.1) is 19.6 Å². The first kappa shape index (κ1) is 21.9. The lowest BCUT2D eigenvalue weighted by Gasteiger charge is -2.35. The largest absolute Gasteiger partial charge is 0.497 e. The number of urea groups is 1. The summed E-state index contributed by atoms with van der Waals surface area (Å²) in [7, 11) is 1.63. The molecule has 0 radical (unpaired) electrons. The fraction of sp³-hybridized carbons (Fsp3) is 0.280. The maximum atomic E-state index is 13.6. The van der Waals surface area contributed by atoms with Crippen molar-refractivity contribution >= 4 is 34.6 Å². The van der Waals surface area contributed by atoms with E-state index < -0.39 is 0 Å². The van der Waals surface area contributed by atoms with Crippen LogP contribution in [-0.2, 0) is 11.3 Å². The number of hydrogen-bond donors (Lipinski definition) is 1. The van der Waals surface area contributed by atoms with Crippen molar-refractivity contribution in [1.82, 2.24) is 4.90 Å². The van der Waals surface area contributed by atoms with E-state index in [2.05, 4.69) is 5.32 Å². The molecule has 1 aliphatic rings. The first-order valence-corrected chi connectivity index (χ1v) is 11.6. The molecule has 1 aromatic heterocycles. The molecule has 6 nitrogen and oxygen atoms in total. The lowest BCUT2D eigenvalue weighted by Crippen LogP contribution is -2.48. The lowest BCUT2D eigenvalue weighted by molar-refractivity contribution is -0.123. The Morgan fingerprint density at radius 3 is 2.56 bits per heavy atom. The second-order valence-electron chi connectivity index (χ2n) is 7.78. The zero-order valence-electron chi connectivity index (χ0n) is 18.1. The highest BCUT2D eigenvalue weighted by Crippen LogP contribution is 2.27. The Bertz CT molecular complexity index is 1020. The van der Waals surface area contributed by atoms with Crippen LogP contribution in [0.15, 0.2) is 72.1 Å². The van der Waals surface area contributed by atoms with E-state index in [1.807, 2.05) is 77.0 Å². The first-order chi connectivity index (χ1) is 15.6. The van der Waals surface area contributed by atoms with Gasteiger partial charge in [0, 0.05) is 29.3 Å². The van der Waals surface area contributed by atoms with Crippen LogP contribution in [0.1, 0.15) is 17.7 Å². The number of rotatable bonds is 6. The van der Waals surface area contributed by atoms with E-state index >= 15 is 0 Å². The second kappa shape index (κ2) is 10.3. The van der Waals surface area contributed by atoms with Gasteiger partial charge < -0.3 is 19.9 Å². The van der Waals surface area contributed by atoms with Gasteiger partial charge >= 0.3 is 6.03 Å². The summed E-state index contributed by atoms with van der Waals surface area (Å²) in [6.45, 7) is 1.57. The van der Waals surface area contributed by atoms with Crippen LogP contribution in [-0.4, -0.2) is 37.0 Å². The number of hydrogen-bond acceptors (Lipinski definition) is 4. The number of piperidine rings is 1.